The summed E-state index contributed by atoms with van der Waals surface area (Å²) >= 11 is 12.3. The Labute approximate surface area is 131 Å². The lowest BCUT2D eigenvalue weighted by molar-refractivity contribution is 0.0758. The molecule has 0 amide bonds. The first-order valence-electron chi connectivity index (χ1n) is 7.29. The quantitative estimate of drug-likeness (QED) is 0.875. The van der Waals surface area contributed by atoms with Gasteiger partial charge in [0.1, 0.15) is 0 Å². The predicted octanol–water partition coefficient (Wildman–Crippen LogP) is 4.29. The number of nitrogens with one attached hydrogen (secondary N) is 1. The number of rotatable bonds is 5. The Kier molecular flexibility index (Phi) is 5.74. The van der Waals surface area contributed by atoms with Gasteiger partial charge >= 0.3 is 0 Å². The van der Waals surface area contributed by atoms with Gasteiger partial charge in [-0.3, -0.25) is 0 Å². The molecule has 0 bridgehead atoms. The fourth-order valence-corrected chi connectivity index (χ4v) is 3.81. The highest BCUT2D eigenvalue weighted by atomic mass is 35.5. The molecule has 1 aliphatic heterocycles. The third-order valence-electron chi connectivity index (χ3n) is 4.48. The average Bonchev–Trinajstić information content (AvgIpc) is 2.44. The van der Waals surface area contributed by atoms with E-state index in [1.165, 1.54) is 5.56 Å². The predicted molar refractivity (Wildman–Crippen MR) is 85.9 cm³/mol. The molecule has 1 saturated heterocycles. The Morgan fingerprint density at radius 1 is 1.35 bits per heavy atom. The largest absolute Gasteiger partial charge is 0.384 e. The standard InChI is InChI=1S/C16H23Cl2NO/c1-3-6-16(7-8-19-10-13(16)11-20-2)12-4-5-14(17)15(18)9-12/h4-5,9,13,19H,3,6-8,10-11H2,1-2H3. The molecule has 1 aromatic carbocycles. The van der Waals surface area contributed by atoms with Crippen LogP contribution >= 0.6 is 23.2 Å². The minimum atomic E-state index is 0.143. The molecule has 0 aromatic heterocycles. The van der Waals surface area contributed by atoms with E-state index in [-0.39, 0.29) is 5.41 Å². The lowest BCUT2D eigenvalue weighted by Gasteiger charge is -2.45. The summed E-state index contributed by atoms with van der Waals surface area (Å²) < 4.78 is 5.46. The molecule has 112 valence electrons. The second-order valence-electron chi connectivity index (χ2n) is 5.64. The van der Waals surface area contributed by atoms with Crippen LogP contribution in [-0.4, -0.2) is 26.8 Å². The maximum Gasteiger partial charge on any atom is 0.0595 e. The number of piperidine rings is 1. The summed E-state index contributed by atoms with van der Waals surface area (Å²) in [5, 5.41) is 4.76. The van der Waals surface area contributed by atoms with E-state index in [1.807, 2.05) is 12.1 Å². The number of halogens is 2. The van der Waals surface area contributed by atoms with Crippen molar-refractivity contribution < 1.29 is 4.74 Å². The molecule has 0 spiro atoms. The third kappa shape index (κ3) is 3.14. The molecule has 1 heterocycles. The fourth-order valence-electron chi connectivity index (χ4n) is 3.51. The van der Waals surface area contributed by atoms with Gasteiger partial charge in [-0.2, -0.15) is 0 Å². The lowest BCUT2D eigenvalue weighted by atomic mass is 9.64. The summed E-state index contributed by atoms with van der Waals surface area (Å²) in [5.41, 5.74) is 1.45. The van der Waals surface area contributed by atoms with Crippen molar-refractivity contribution >= 4 is 23.2 Å². The van der Waals surface area contributed by atoms with Gasteiger partial charge in [0.2, 0.25) is 0 Å². The first-order chi connectivity index (χ1) is 9.64. The van der Waals surface area contributed by atoms with Crippen LogP contribution in [0.3, 0.4) is 0 Å². The molecule has 0 saturated carbocycles. The van der Waals surface area contributed by atoms with E-state index in [4.69, 9.17) is 27.9 Å². The molecule has 1 aromatic rings. The van der Waals surface area contributed by atoms with Crippen LogP contribution in [0.4, 0.5) is 0 Å². The number of ether oxygens (including phenoxy) is 1. The summed E-state index contributed by atoms with van der Waals surface area (Å²) in [5.74, 6) is 0.471. The average molecular weight is 316 g/mol. The smallest absolute Gasteiger partial charge is 0.0595 e. The monoisotopic (exact) mass is 315 g/mol. The van der Waals surface area contributed by atoms with Crippen molar-refractivity contribution in [3.8, 4) is 0 Å². The van der Waals surface area contributed by atoms with E-state index in [9.17, 15) is 0 Å². The molecule has 0 aliphatic carbocycles. The normalized spacial score (nSPS) is 26.7. The van der Waals surface area contributed by atoms with Gasteiger partial charge in [0.05, 0.1) is 16.7 Å². The van der Waals surface area contributed by atoms with Crippen molar-refractivity contribution in [1.29, 1.82) is 0 Å². The Bertz CT molecular complexity index is 446. The zero-order chi connectivity index (χ0) is 14.6. The number of benzene rings is 1. The molecule has 2 rings (SSSR count). The molecular weight excluding hydrogens is 293 g/mol. The van der Waals surface area contributed by atoms with Gasteiger partial charge in [-0.05, 0) is 37.1 Å². The molecule has 0 radical (unpaired) electrons. The van der Waals surface area contributed by atoms with Crippen LogP contribution in [0, 0.1) is 5.92 Å². The van der Waals surface area contributed by atoms with Gasteiger partial charge in [-0.25, -0.2) is 0 Å². The molecule has 2 atom stereocenters. The lowest BCUT2D eigenvalue weighted by Crippen LogP contribution is -2.50. The Morgan fingerprint density at radius 2 is 2.15 bits per heavy atom. The zero-order valence-corrected chi connectivity index (χ0v) is 13.7. The van der Waals surface area contributed by atoms with E-state index >= 15 is 0 Å². The molecule has 2 nitrogen and oxygen atoms in total. The van der Waals surface area contributed by atoms with Crippen LogP contribution in [0.1, 0.15) is 31.7 Å². The third-order valence-corrected chi connectivity index (χ3v) is 5.22. The molecule has 1 N–H and O–H groups in total. The van der Waals surface area contributed by atoms with Crippen LogP contribution in [0.2, 0.25) is 10.0 Å². The summed E-state index contributed by atoms with van der Waals surface area (Å²) in [7, 11) is 1.78. The molecule has 1 fully saturated rings. The van der Waals surface area contributed by atoms with Crippen LogP contribution in [0.5, 0.6) is 0 Å². The van der Waals surface area contributed by atoms with Crippen molar-refractivity contribution in [2.75, 3.05) is 26.8 Å². The van der Waals surface area contributed by atoms with E-state index in [0.29, 0.717) is 16.0 Å². The first kappa shape index (κ1) is 16.1. The number of hydrogen-bond donors (Lipinski definition) is 1. The van der Waals surface area contributed by atoms with E-state index in [2.05, 4.69) is 18.3 Å². The summed E-state index contributed by atoms with van der Waals surface area (Å²) in [4.78, 5) is 0. The molecule has 2 unspecified atom stereocenters. The van der Waals surface area contributed by atoms with Crippen LogP contribution in [0.15, 0.2) is 18.2 Å². The van der Waals surface area contributed by atoms with Crippen molar-refractivity contribution in [1.82, 2.24) is 5.32 Å². The topological polar surface area (TPSA) is 21.3 Å². The van der Waals surface area contributed by atoms with Crippen molar-refractivity contribution in [2.45, 2.75) is 31.6 Å². The highest BCUT2D eigenvalue weighted by Gasteiger charge is 2.41. The van der Waals surface area contributed by atoms with Crippen molar-refractivity contribution in [3.63, 3.8) is 0 Å². The summed E-state index contributed by atoms with van der Waals surface area (Å²) in [6.45, 7) is 5.05. The summed E-state index contributed by atoms with van der Waals surface area (Å²) in [6.07, 6.45) is 3.42. The maximum atomic E-state index is 6.24. The van der Waals surface area contributed by atoms with Crippen LogP contribution in [0.25, 0.3) is 0 Å². The second kappa shape index (κ2) is 7.13. The van der Waals surface area contributed by atoms with Gasteiger partial charge in [-0.1, -0.05) is 42.6 Å². The minimum Gasteiger partial charge on any atom is -0.384 e. The van der Waals surface area contributed by atoms with E-state index in [0.717, 1.165) is 39.0 Å². The second-order valence-corrected chi connectivity index (χ2v) is 6.46. The van der Waals surface area contributed by atoms with Gasteiger partial charge in [-0.15, -0.1) is 0 Å². The molecule has 1 aliphatic rings. The number of methoxy groups -OCH3 is 1. The van der Waals surface area contributed by atoms with E-state index < -0.39 is 0 Å². The van der Waals surface area contributed by atoms with E-state index in [1.54, 1.807) is 7.11 Å². The highest BCUT2D eigenvalue weighted by Crippen LogP contribution is 2.43. The molecule has 4 heteroatoms. The Balaban J connectivity index is 2.42. The SMILES string of the molecule is CCCC1(c2ccc(Cl)c(Cl)c2)CCNCC1COC. The van der Waals surface area contributed by atoms with Gasteiger partial charge in [0.25, 0.3) is 0 Å². The van der Waals surface area contributed by atoms with Gasteiger partial charge in [0, 0.05) is 25.0 Å². The zero-order valence-electron chi connectivity index (χ0n) is 12.2. The van der Waals surface area contributed by atoms with Crippen LogP contribution in [-0.2, 0) is 10.2 Å². The maximum absolute atomic E-state index is 6.24. The summed E-state index contributed by atoms with van der Waals surface area (Å²) in [6, 6.07) is 6.11. The van der Waals surface area contributed by atoms with Crippen molar-refractivity contribution in [2.24, 2.45) is 5.92 Å². The fraction of sp³-hybridized carbons (Fsp3) is 0.625. The first-order valence-corrected chi connectivity index (χ1v) is 8.05. The molecular formula is C16H23Cl2NO. The van der Waals surface area contributed by atoms with Gasteiger partial charge < -0.3 is 10.1 Å². The number of hydrogen-bond acceptors (Lipinski definition) is 2. The molecule has 20 heavy (non-hydrogen) atoms. The van der Waals surface area contributed by atoms with Crippen molar-refractivity contribution in [3.05, 3.63) is 33.8 Å². The Morgan fingerprint density at radius 3 is 2.80 bits per heavy atom. The highest BCUT2D eigenvalue weighted by molar-refractivity contribution is 6.42. The Hall–Kier alpha value is -0.280. The van der Waals surface area contributed by atoms with Gasteiger partial charge in [0.15, 0.2) is 0 Å². The minimum absolute atomic E-state index is 0.143. The van der Waals surface area contributed by atoms with Crippen LogP contribution < -0.4 is 5.32 Å².